The first-order chi connectivity index (χ1) is 12.0. The van der Waals surface area contributed by atoms with Gasteiger partial charge in [0.2, 0.25) is 0 Å². The number of hydrogen-bond donors (Lipinski definition) is 0. The van der Waals surface area contributed by atoms with E-state index in [1.807, 2.05) is 42.2 Å². The molecule has 26 heavy (non-hydrogen) atoms. The van der Waals surface area contributed by atoms with Gasteiger partial charge in [0.15, 0.2) is 5.82 Å². The molecular weight excluding hydrogens is 322 g/mol. The smallest absolute Gasteiger partial charge is 0.163 e. The van der Waals surface area contributed by atoms with Crippen molar-refractivity contribution < 1.29 is 0 Å². The van der Waals surface area contributed by atoms with Gasteiger partial charge in [-0.3, -0.25) is 0 Å². The summed E-state index contributed by atoms with van der Waals surface area (Å²) < 4.78 is 1.87. The Hall–Kier alpha value is -2.56. The van der Waals surface area contributed by atoms with E-state index >= 15 is 0 Å². The molecule has 0 N–H and O–H groups in total. The number of nitrogens with zero attached hydrogens (tertiary/aromatic N) is 5. The molecule has 5 heteroatoms. The topological polar surface area (TPSA) is 56.5 Å². The van der Waals surface area contributed by atoms with Crippen LogP contribution in [0.2, 0.25) is 0 Å². The Kier molecular flexibility index (Phi) is 4.42. The lowest BCUT2D eigenvalue weighted by Gasteiger charge is -2.22. The summed E-state index contributed by atoms with van der Waals surface area (Å²) in [5, 5.41) is 4.40. The van der Waals surface area contributed by atoms with E-state index in [1.54, 1.807) is 0 Å². The second kappa shape index (κ2) is 6.31. The Morgan fingerprint density at radius 1 is 0.846 bits per heavy atom. The van der Waals surface area contributed by atoms with E-state index in [2.05, 4.69) is 52.7 Å². The summed E-state index contributed by atoms with van der Waals surface area (Å²) in [5.74, 6) is 2.33. The first-order valence-corrected chi connectivity index (χ1v) is 8.93. The third-order valence-electron chi connectivity index (χ3n) is 4.06. The van der Waals surface area contributed by atoms with Gasteiger partial charge in [-0.1, -0.05) is 53.7 Å². The highest BCUT2D eigenvalue weighted by Gasteiger charge is 2.25. The Morgan fingerprint density at radius 2 is 1.46 bits per heavy atom. The molecule has 0 aliphatic carbocycles. The molecule has 5 nitrogen and oxygen atoms in total. The number of aromatic nitrogens is 5. The van der Waals surface area contributed by atoms with E-state index in [0.717, 1.165) is 28.5 Å². The maximum Gasteiger partial charge on any atom is 0.163 e. The average molecular weight is 349 g/mol. The van der Waals surface area contributed by atoms with Gasteiger partial charge in [0.05, 0.1) is 11.9 Å². The van der Waals surface area contributed by atoms with Crippen LogP contribution in [0.1, 0.15) is 58.8 Å². The van der Waals surface area contributed by atoms with Gasteiger partial charge < -0.3 is 0 Å². The maximum atomic E-state index is 4.78. The van der Waals surface area contributed by atoms with E-state index in [1.165, 1.54) is 0 Å². The SMILES string of the molecule is Cc1cnn(-c2cccc(-c3nc(C(C)(C)C)nc(C(C)(C)C)n3)c2)c1. The van der Waals surface area contributed by atoms with Gasteiger partial charge in [0.1, 0.15) is 11.6 Å². The van der Waals surface area contributed by atoms with Crippen molar-refractivity contribution in [3.63, 3.8) is 0 Å². The molecule has 3 aromatic rings. The van der Waals surface area contributed by atoms with Crippen LogP contribution in [0, 0.1) is 6.92 Å². The minimum absolute atomic E-state index is 0.144. The van der Waals surface area contributed by atoms with E-state index in [9.17, 15) is 0 Å². The first-order valence-electron chi connectivity index (χ1n) is 8.93. The van der Waals surface area contributed by atoms with Crippen molar-refractivity contribution >= 4 is 0 Å². The van der Waals surface area contributed by atoms with Crippen LogP contribution in [0.5, 0.6) is 0 Å². The zero-order chi connectivity index (χ0) is 19.1. The predicted molar refractivity (Wildman–Crippen MR) is 105 cm³/mol. The summed E-state index contributed by atoms with van der Waals surface area (Å²) in [6.07, 6.45) is 3.86. The third kappa shape index (κ3) is 3.82. The fraction of sp³-hybridized carbons (Fsp3) is 0.429. The minimum Gasteiger partial charge on any atom is -0.241 e. The normalized spacial score (nSPS) is 12.4. The summed E-state index contributed by atoms with van der Waals surface area (Å²) in [7, 11) is 0. The van der Waals surface area contributed by atoms with Gasteiger partial charge in [-0.05, 0) is 24.6 Å². The van der Waals surface area contributed by atoms with Crippen molar-refractivity contribution in [1.29, 1.82) is 0 Å². The Balaban J connectivity index is 2.14. The molecule has 0 radical (unpaired) electrons. The Labute approximate surface area is 155 Å². The summed E-state index contributed by atoms with van der Waals surface area (Å²) in [6.45, 7) is 14.8. The van der Waals surface area contributed by atoms with Crippen LogP contribution in [0.4, 0.5) is 0 Å². The second-order valence-corrected chi connectivity index (χ2v) is 8.82. The number of aryl methyl sites for hydroxylation is 1. The van der Waals surface area contributed by atoms with Gasteiger partial charge in [0.25, 0.3) is 0 Å². The molecule has 0 spiro atoms. The molecule has 0 aliphatic heterocycles. The molecule has 0 bridgehead atoms. The highest BCUT2D eigenvalue weighted by atomic mass is 15.3. The van der Waals surface area contributed by atoms with Crippen LogP contribution in [-0.4, -0.2) is 24.7 Å². The molecule has 0 fully saturated rings. The van der Waals surface area contributed by atoms with Crippen molar-refractivity contribution in [3.05, 3.63) is 53.9 Å². The van der Waals surface area contributed by atoms with Crippen LogP contribution in [0.25, 0.3) is 17.1 Å². The molecule has 0 saturated heterocycles. The predicted octanol–water partition coefficient (Wildman–Crippen LogP) is 4.63. The molecular formula is C21H27N5. The summed E-state index contributed by atoms with van der Waals surface area (Å²) >= 11 is 0. The number of rotatable bonds is 2. The first kappa shape index (κ1) is 18.2. The summed E-state index contributed by atoms with van der Waals surface area (Å²) in [6, 6.07) is 8.15. The lowest BCUT2D eigenvalue weighted by molar-refractivity contribution is 0.497. The molecule has 3 rings (SSSR count). The van der Waals surface area contributed by atoms with Crippen molar-refractivity contribution in [2.24, 2.45) is 0 Å². The zero-order valence-electron chi connectivity index (χ0n) is 16.7. The summed E-state index contributed by atoms with van der Waals surface area (Å²) in [5.41, 5.74) is 2.79. The Bertz CT molecular complexity index is 894. The van der Waals surface area contributed by atoms with Crippen molar-refractivity contribution in [2.75, 3.05) is 0 Å². The van der Waals surface area contributed by atoms with Gasteiger partial charge in [-0.25, -0.2) is 19.6 Å². The largest absolute Gasteiger partial charge is 0.241 e. The fourth-order valence-corrected chi connectivity index (χ4v) is 2.52. The average Bonchev–Trinajstić information content (AvgIpc) is 2.99. The second-order valence-electron chi connectivity index (χ2n) is 8.82. The highest BCUT2D eigenvalue weighted by Crippen LogP contribution is 2.27. The lowest BCUT2D eigenvalue weighted by Crippen LogP contribution is -2.24. The maximum absolute atomic E-state index is 4.78. The molecule has 0 saturated carbocycles. The van der Waals surface area contributed by atoms with Crippen LogP contribution >= 0.6 is 0 Å². The molecule has 2 heterocycles. The van der Waals surface area contributed by atoms with Crippen LogP contribution in [0.3, 0.4) is 0 Å². The van der Waals surface area contributed by atoms with Crippen LogP contribution in [-0.2, 0) is 10.8 Å². The molecule has 1 aromatic carbocycles. The third-order valence-corrected chi connectivity index (χ3v) is 4.06. The van der Waals surface area contributed by atoms with E-state index in [-0.39, 0.29) is 10.8 Å². The molecule has 0 aliphatic rings. The van der Waals surface area contributed by atoms with E-state index in [4.69, 9.17) is 15.0 Å². The fourth-order valence-electron chi connectivity index (χ4n) is 2.52. The standard InChI is InChI=1S/C21H27N5/c1-14-12-22-26(13-14)16-10-8-9-15(11-16)17-23-18(20(2,3)4)25-19(24-17)21(5,6)7/h8-13H,1-7H3. The van der Waals surface area contributed by atoms with Crippen molar-refractivity contribution in [3.8, 4) is 17.1 Å². The Morgan fingerprint density at radius 3 is 1.96 bits per heavy atom. The summed E-state index contributed by atoms with van der Waals surface area (Å²) in [4.78, 5) is 14.3. The minimum atomic E-state index is -0.144. The number of hydrogen-bond acceptors (Lipinski definition) is 4. The highest BCUT2D eigenvalue weighted by molar-refractivity contribution is 5.59. The zero-order valence-corrected chi connectivity index (χ0v) is 16.7. The van der Waals surface area contributed by atoms with Crippen molar-refractivity contribution in [1.82, 2.24) is 24.7 Å². The molecule has 2 aromatic heterocycles. The molecule has 0 unspecified atom stereocenters. The van der Waals surface area contributed by atoms with Gasteiger partial charge in [0, 0.05) is 22.6 Å². The number of benzene rings is 1. The van der Waals surface area contributed by atoms with Crippen LogP contribution < -0.4 is 0 Å². The quantitative estimate of drug-likeness (QED) is 0.677. The monoisotopic (exact) mass is 349 g/mol. The molecule has 136 valence electrons. The van der Waals surface area contributed by atoms with Gasteiger partial charge in [-0.15, -0.1) is 0 Å². The molecule has 0 amide bonds. The van der Waals surface area contributed by atoms with E-state index < -0.39 is 0 Å². The van der Waals surface area contributed by atoms with Gasteiger partial charge >= 0.3 is 0 Å². The van der Waals surface area contributed by atoms with E-state index in [0.29, 0.717) is 5.82 Å². The lowest BCUT2D eigenvalue weighted by atomic mass is 9.93. The van der Waals surface area contributed by atoms with Gasteiger partial charge in [-0.2, -0.15) is 5.10 Å². The van der Waals surface area contributed by atoms with Crippen LogP contribution in [0.15, 0.2) is 36.7 Å². The molecule has 0 atom stereocenters. The van der Waals surface area contributed by atoms with Crippen molar-refractivity contribution in [2.45, 2.75) is 59.3 Å².